The molecule has 2 amide bonds. The zero-order chi connectivity index (χ0) is 29.4. The van der Waals surface area contributed by atoms with E-state index in [1.807, 2.05) is 0 Å². The van der Waals surface area contributed by atoms with Gasteiger partial charge in [-0.2, -0.15) is 4.89 Å². The van der Waals surface area contributed by atoms with Crippen LogP contribution in [0.5, 0.6) is 0 Å². The fraction of sp³-hybridized carbons (Fsp3) is 0.778. The van der Waals surface area contributed by atoms with Crippen LogP contribution in [0.4, 0.5) is 9.59 Å². The van der Waals surface area contributed by atoms with E-state index in [4.69, 9.17) is 24.7 Å². The highest BCUT2D eigenvalue weighted by atomic mass is 32.3. The first kappa shape index (κ1) is 41.2. The third-order valence-electron chi connectivity index (χ3n) is 3.11. The number of ether oxygens (including phenoxy) is 1. The van der Waals surface area contributed by atoms with E-state index < -0.39 is 17.3 Å². The smallest absolute Gasteiger partial charge is 0.408 e. The molecular weight excluding hydrogens is 721 g/mol. The van der Waals surface area contributed by atoms with Gasteiger partial charge in [-0.15, -0.1) is 94.1 Å². The largest absolute Gasteiger partial charge is 0.610 e. The molecule has 1 unspecified atom stereocenters. The van der Waals surface area contributed by atoms with E-state index in [9.17, 15) is 14.1 Å². The number of aliphatic hydroxyl groups is 2. The van der Waals surface area contributed by atoms with Crippen LogP contribution in [-0.2, 0) is 25.7 Å². The second kappa shape index (κ2) is 34.7. The van der Waals surface area contributed by atoms with Gasteiger partial charge in [0, 0.05) is 37.9 Å². The van der Waals surface area contributed by atoms with Crippen LogP contribution in [0.1, 0.15) is 0 Å². The van der Waals surface area contributed by atoms with Gasteiger partial charge in [-0.05, 0) is 0 Å². The standard InChI is InChI=1S/C18H34N4O8S10/c23-9-35-13-37-11-28-17(25)21-6-34-5-20-8-40(27)16-32-2-1-31-15-39-18(26)22-7-33-4-19-3-29-30-12-38-14-36-10-24/h3,8,23-24H,1-2,4-7,9-16H2,(H,21,25)(H,22,26)/b19-3-,20-8-. The fourth-order valence-corrected chi connectivity index (χ4v) is 9.11. The molecule has 0 saturated heterocycles. The van der Waals surface area contributed by atoms with Crippen LogP contribution in [0.25, 0.3) is 0 Å². The summed E-state index contributed by atoms with van der Waals surface area (Å²) in [6.45, 7) is 0. The van der Waals surface area contributed by atoms with E-state index in [1.165, 1.54) is 94.3 Å². The lowest BCUT2D eigenvalue weighted by Gasteiger charge is -2.06. The number of nitrogens with one attached hydrogen (secondary N) is 2. The summed E-state index contributed by atoms with van der Waals surface area (Å²) >= 11 is 11.7. The van der Waals surface area contributed by atoms with Gasteiger partial charge in [0.1, 0.15) is 11.9 Å². The third kappa shape index (κ3) is 33.7. The van der Waals surface area contributed by atoms with Gasteiger partial charge >= 0.3 is 6.09 Å². The molecule has 0 bridgehead atoms. The normalized spacial score (nSPS) is 12.2. The molecule has 0 saturated carbocycles. The average molecular weight is 755 g/mol. The van der Waals surface area contributed by atoms with E-state index in [0.29, 0.717) is 44.7 Å². The molecule has 0 fully saturated rings. The van der Waals surface area contributed by atoms with Gasteiger partial charge in [0.05, 0.1) is 35.4 Å². The van der Waals surface area contributed by atoms with Crippen LogP contribution in [0.15, 0.2) is 9.98 Å². The number of hydrogen-bond acceptors (Lipinski definition) is 19. The lowest BCUT2D eigenvalue weighted by atomic mass is 11.0. The van der Waals surface area contributed by atoms with Crippen LogP contribution in [0.2, 0.25) is 0 Å². The minimum Gasteiger partial charge on any atom is -0.610 e. The molecule has 22 heteroatoms. The first-order valence-electron chi connectivity index (χ1n) is 10.9. The van der Waals surface area contributed by atoms with Gasteiger partial charge in [-0.1, -0.05) is 11.8 Å². The molecule has 0 aliphatic rings. The van der Waals surface area contributed by atoms with Crippen molar-refractivity contribution in [2.45, 2.75) is 0 Å². The van der Waals surface area contributed by atoms with Gasteiger partial charge in [0.2, 0.25) is 11.9 Å². The van der Waals surface area contributed by atoms with Crippen LogP contribution in [-0.4, -0.2) is 117 Å². The molecular formula is C18H34N4O8S10. The topological polar surface area (TPSA) is 174 Å². The molecule has 0 rings (SSSR count). The SMILES string of the molecule is O=C(NCSC/N=C\[S+]([O-])CSCCSCSC(=O)NCSC/N=C\OOCSCSCO)OCSCSCO. The summed E-state index contributed by atoms with van der Waals surface area (Å²) in [5.41, 5.74) is 1.42. The summed E-state index contributed by atoms with van der Waals surface area (Å²) in [4.78, 5) is 40.9. The molecule has 0 aromatic carbocycles. The highest BCUT2D eigenvalue weighted by molar-refractivity contribution is 8.24. The van der Waals surface area contributed by atoms with Gasteiger partial charge in [-0.3, -0.25) is 4.79 Å². The first-order valence-corrected chi connectivity index (χ1v) is 22.5. The number of carbonyl (C=O) groups is 2. The molecule has 0 aromatic rings. The summed E-state index contributed by atoms with van der Waals surface area (Å²) in [5, 5.41) is 25.0. The van der Waals surface area contributed by atoms with Gasteiger partial charge in [-0.25, -0.2) is 14.8 Å². The quantitative estimate of drug-likeness (QED) is 0.0170. The third-order valence-corrected chi connectivity index (χ3v) is 12.8. The van der Waals surface area contributed by atoms with E-state index in [2.05, 4.69) is 20.6 Å². The number of rotatable bonds is 28. The fourth-order valence-electron chi connectivity index (χ4n) is 1.58. The molecule has 12 nitrogen and oxygen atoms in total. The van der Waals surface area contributed by atoms with E-state index in [0.717, 1.165) is 16.6 Å². The minimum absolute atomic E-state index is 0.0430. The number of nitrogens with zero attached hydrogens (tertiary/aromatic N) is 2. The Morgan fingerprint density at radius 3 is 2.25 bits per heavy atom. The van der Waals surface area contributed by atoms with Gasteiger partial charge < -0.3 is 35.0 Å². The zero-order valence-corrected chi connectivity index (χ0v) is 29.5. The molecule has 0 radical (unpaired) electrons. The number of carbonyl (C=O) groups excluding carboxylic acids is 2. The van der Waals surface area contributed by atoms with Crippen molar-refractivity contribution in [3.63, 3.8) is 0 Å². The molecule has 0 heterocycles. The van der Waals surface area contributed by atoms with Crippen LogP contribution in [0.3, 0.4) is 0 Å². The molecule has 234 valence electrons. The molecule has 0 aliphatic heterocycles. The molecule has 4 N–H and O–H groups in total. The van der Waals surface area contributed by atoms with Crippen LogP contribution >= 0.6 is 106 Å². The van der Waals surface area contributed by atoms with Crippen LogP contribution in [0, 0.1) is 0 Å². The maximum absolute atomic E-state index is 11.9. The van der Waals surface area contributed by atoms with Crippen LogP contribution < -0.4 is 10.6 Å². The average Bonchev–Trinajstić information content (AvgIpc) is 2.94. The number of aliphatic imine (C=N–C) groups is 2. The Balaban J connectivity index is 3.43. The van der Waals surface area contributed by atoms with Crippen molar-refractivity contribution in [1.82, 2.24) is 10.6 Å². The second-order valence-electron chi connectivity index (χ2n) is 5.94. The van der Waals surface area contributed by atoms with Crippen molar-refractivity contribution in [3.8, 4) is 0 Å². The number of aliphatic hydroxyl groups excluding tert-OH is 2. The lowest BCUT2D eigenvalue weighted by molar-refractivity contribution is -0.196. The van der Waals surface area contributed by atoms with E-state index in [1.54, 1.807) is 23.5 Å². The summed E-state index contributed by atoms with van der Waals surface area (Å²) in [6.07, 6.45) is 0.704. The van der Waals surface area contributed by atoms with Crippen molar-refractivity contribution >= 4 is 140 Å². The number of thioether (sulfide) groups is 9. The van der Waals surface area contributed by atoms with E-state index >= 15 is 0 Å². The van der Waals surface area contributed by atoms with Crippen molar-refractivity contribution in [2.24, 2.45) is 9.98 Å². The van der Waals surface area contributed by atoms with Crippen molar-refractivity contribution < 1.29 is 38.9 Å². The van der Waals surface area contributed by atoms with Crippen molar-refractivity contribution in [3.05, 3.63) is 0 Å². The summed E-state index contributed by atoms with van der Waals surface area (Å²) < 4.78 is 16.9. The Kier molecular flexibility index (Phi) is 35.8. The Hall–Kier alpha value is 1.22. The molecule has 0 aromatic heterocycles. The number of amides is 2. The zero-order valence-electron chi connectivity index (χ0n) is 21.4. The Bertz CT molecular complexity index is 664. The van der Waals surface area contributed by atoms with Crippen molar-refractivity contribution in [2.75, 3.05) is 79.1 Å². The van der Waals surface area contributed by atoms with Crippen molar-refractivity contribution in [1.29, 1.82) is 0 Å². The first-order chi connectivity index (χ1) is 19.6. The van der Waals surface area contributed by atoms with E-state index in [-0.39, 0.29) is 23.1 Å². The maximum atomic E-state index is 11.9. The molecule has 0 spiro atoms. The molecule has 40 heavy (non-hydrogen) atoms. The summed E-state index contributed by atoms with van der Waals surface area (Å²) in [7, 11) is 0. The maximum Gasteiger partial charge on any atom is 0.408 e. The second-order valence-corrected chi connectivity index (χ2v) is 17.5. The molecule has 0 aliphatic carbocycles. The number of hydrogen-bond donors (Lipinski definition) is 4. The predicted octanol–water partition coefficient (Wildman–Crippen LogP) is 4.25. The Labute approximate surface area is 276 Å². The summed E-state index contributed by atoms with van der Waals surface area (Å²) in [6, 6.07) is 0. The predicted molar refractivity (Wildman–Crippen MR) is 186 cm³/mol. The van der Waals surface area contributed by atoms with Gasteiger partial charge in [0.15, 0.2) is 5.08 Å². The Morgan fingerprint density at radius 2 is 1.50 bits per heavy atom. The van der Waals surface area contributed by atoms with Gasteiger partial charge in [0.25, 0.3) is 5.24 Å². The monoisotopic (exact) mass is 754 g/mol. The highest BCUT2D eigenvalue weighted by Crippen LogP contribution is 2.16. The number of alkyl carbamates (subject to hydrolysis) is 1. The molecule has 1 atom stereocenters. The highest BCUT2D eigenvalue weighted by Gasteiger charge is 2.05. The summed E-state index contributed by atoms with van der Waals surface area (Å²) in [5.74, 6) is 3.97. The lowest BCUT2D eigenvalue weighted by Crippen LogP contribution is -2.23. The Morgan fingerprint density at radius 1 is 0.825 bits per heavy atom. The minimum atomic E-state index is -1.16.